The zero-order valence-corrected chi connectivity index (χ0v) is 13.4. The Morgan fingerprint density at radius 1 is 1.16 bits per heavy atom. The first-order valence-corrected chi connectivity index (χ1v) is 7.66. The number of ether oxygens (including phenoxy) is 4. The lowest BCUT2D eigenvalue weighted by Crippen LogP contribution is -2.59. The van der Waals surface area contributed by atoms with Crippen molar-refractivity contribution in [3.63, 3.8) is 0 Å². The molecule has 138 valence electrons. The van der Waals surface area contributed by atoms with E-state index in [4.69, 9.17) is 18.9 Å². The van der Waals surface area contributed by atoms with Crippen LogP contribution in [0.3, 0.4) is 0 Å². The molecule has 0 unspecified atom stereocenters. The molecule has 25 heavy (non-hydrogen) atoms. The highest BCUT2D eigenvalue weighted by molar-refractivity contribution is 5.69. The number of fused-ring (bicyclic) bond motifs is 1. The third-order valence-corrected chi connectivity index (χ3v) is 4.17. The first-order chi connectivity index (χ1) is 12.0. The summed E-state index contributed by atoms with van der Waals surface area (Å²) in [6.07, 6.45) is -7.13. The minimum Gasteiger partial charge on any atom is -0.504 e. The van der Waals surface area contributed by atoms with Gasteiger partial charge in [0.2, 0.25) is 6.29 Å². The molecule has 2 aliphatic heterocycles. The average molecular weight is 356 g/mol. The molecule has 2 aliphatic rings. The van der Waals surface area contributed by atoms with E-state index in [9.17, 15) is 25.5 Å². The first-order valence-electron chi connectivity index (χ1n) is 7.66. The SMILES string of the molecule is COc1ccc2c(c1)OCC(O[C@H]1O[C@H](CO)[C@@H](O)[C@H](O)[C@@H]1O)=C2O. The summed E-state index contributed by atoms with van der Waals surface area (Å²) < 4.78 is 21.3. The van der Waals surface area contributed by atoms with E-state index in [1.54, 1.807) is 18.2 Å². The minimum absolute atomic E-state index is 0.0120. The van der Waals surface area contributed by atoms with Crippen molar-refractivity contribution < 1.29 is 44.5 Å². The lowest BCUT2D eigenvalue weighted by atomic mass is 9.99. The Labute approximate surface area is 143 Å². The Hall–Kier alpha value is -2.04. The van der Waals surface area contributed by atoms with Crippen molar-refractivity contribution in [3.8, 4) is 11.5 Å². The molecule has 0 amide bonds. The van der Waals surface area contributed by atoms with Crippen LogP contribution in [0.25, 0.3) is 5.76 Å². The van der Waals surface area contributed by atoms with Crippen LogP contribution >= 0.6 is 0 Å². The topological polar surface area (TPSA) is 138 Å². The van der Waals surface area contributed by atoms with Crippen molar-refractivity contribution >= 4 is 5.76 Å². The van der Waals surface area contributed by atoms with Crippen LogP contribution in [-0.2, 0) is 9.47 Å². The smallest absolute Gasteiger partial charge is 0.229 e. The summed E-state index contributed by atoms with van der Waals surface area (Å²) in [6.45, 7) is -0.712. The van der Waals surface area contributed by atoms with Crippen LogP contribution in [-0.4, -0.2) is 76.6 Å². The third kappa shape index (κ3) is 3.24. The normalized spacial score (nSPS) is 32.0. The Kier molecular flexibility index (Phi) is 5.02. The van der Waals surface area contributed by atoms with Crippen LogP contribution in [0.5, 0.6) is 11.5 Å². The molecular formula is C16H20O9. The summed E-state index contributed by atoms with van der Waals surface area (Å²) in [6, 6.07) is 4.82. The Balaban J connectivity index is 1.82. The van der Waals surface area contributed by atoms with Gasteiger partial charge in [-0.2, -0.15) is 0 Å². The van der Waals surface area contributed by atoms with Crippen molar-refractivity contribution in [2.45, 2.75) is 30.7 Å². The maximum absolute atomic E-state index is 10.4. The molecule has 2 heterocycles. The highest BCUT2D eigenvalue weighted by atomic mass is 16.7. The zero-order valence-electron chi connectivity index (χ0n) is 13.4. The van der Waals surface area contributed by atoms with E-state index in [-0.39, 0.29) is 18.1 Å². The summed E-state index contributed by atoms with van der Waals surface area (Å²) in [7, 11) is 1.51. The van der Waals surface area contributed by atoms with E-state index in [2.05, 4.69) is 0 Å². The second kappa shape index (κ2) is 7.06. The summed E-state index contributed by atoms with van der Waals surface area (Å²) in [5.74, 6) is 0.741. The van der Waals surface area contributed by atoms with Crippen LogP contribution in [0.2, 0.25) is 0 Å². The Bertz CT molecular complexity index is 657. The molecule has 5 atom stereocenters. The second-order valence-electron chi connectivity index (χ2n) is 5.74. The van der Waals surface area contributed by atoms with Crippen LogP contribution < -0.4 is 9.47 Å². The summed E-state index contributed by atoms with van der Waals surface area (Å²) in [5.41, 5.74) is 0.367. The molecule has 3 rings (SSSR count). The fourth-order valence-corrected chi connectivity index (χ4v) is 2.70. The molecule has 0 aliphatic carbocycles. The number of benzene rings is 1. The molecule has 0 radical (unpaired) electrons. The predicted octanol–water partition coefficient (Wildman–Crippen LogP) is -0.869. The number of aliphatic hydroxyl groups is 5. The average Bonchev–Trinajstić information content (AvgIpc) is 2.63. The monoisotopic (exact) mass is 356 g/mol. The van der Waals surface area contributed by atoms with Crippen LogP contribution in [0.15, 0.2) is 24.0 Å². The van der Waals surface area contributed by atoms with Gasteiger partial charge in [-0.05, 0) is 12.1 Å². The Morgan fingerprint density at radius 3 is 2.60 bits per heavy atom. The molecule has 1 fully saturated rings. The lowest BCUT2D eigenvalue weighted by molar-refractivity contribution is -0.292. The molecule has 9 nitrogen and oxygen atoms in total. The second-order valence-corrected chi connectivity index (χ2v) is 5.74. The largest absolute Gasteiger partial charge is 0.504 e. The van der Waals surface area contributed by atoms with Crippen molar-refractivity contribution in [2.75, 3.05) is 20.3 Å². The van der Waals surface area contributed by atoms with Gasteiger partial charge in [0.15, 0.2) is 11.5 Å². The van der Waals surface area contributed by atoms with E-state index in [0.29, 0.717) is 17.1 Å². The van der Waals surface area contributed by atoms with Crippen LogP contribution in [0.1, 0.15) is 5.56 Å². The molecule has 0 spiro atoms. The summed E-state index contributed by atoms with van der Waals surface area (Å²) >= 11 is 0. The minimum atomic E-state index is -1.57. The van der Waals surface area contributed by atoms with E-state index in [1.807, 2.05) is 0 Å². The van der Waals surface area contributed by atoms with Gasteiger partial charge < -0.3 is 44.5 Å². The van der Waals surface area contributed by atoms with Gasteiger partial charge in [-0.1, -0.05) is 0 Å². The summed E-state index contributed by atoms with van der Waals surface area (Å²) in [4.78, 5) is 0. The maximum Gasteiger partial charge on any atom is 0.229 e. The number of hydrogen-bond acceptors (Lipinski definition) is 9. The van der Waals surface area contributed by atoms with Gasteiger partial charge in [0, 0.05) is 6.07 Å². The fourth-order valence-electron chi connectivity index (χ4n) is 2.70. The highest BCUT2D eigenvalue weighted by Gasteiger charge is 2.45. The molecule has 1 saturated heterocycles. The molecule has 1 aromatic carbocycles. The van der Waals surface area contributed by atoms with E-state index in [0.717, 1.165) is 0 Å². The van der Waals surface area contributed by atoms with Crippen molar-refractivity contribution in [1.82, 2.24) is 0 Å². The van der Waals surface area contributed by atoms with E-state index in [1.165, 1.54) is 7.11 Å². The molecule has 0 aromatic heterocycles. The highest BCUT2D eigenvalue weighted by Crippen LogP contribution is 2.36. The predicted molar refractivity (Wildman–Crippen MR) is 82.9 cm³/mol. The molecule has 5 N–H and O–H groups in total. The number of methoxy groups -OCH3 is 1. The number of aliphatic hydroxyl groups excluding tert-OH is 5. The Morgan fingerprint density at radius 2 is 1.92 bits per heavy atom. The van der Waals surface area contributed by atoms with Gasteiger partial charge in [0.05, 0.1) is 19.3 Å². The number of rotatable bonds is 4. The lowest BCUT2D eigenvalue weighted by Gasteiger charge is -2.40. The zero-order chi connectivity index (χ0) is 18.1. The standard InChI is InChI=1S/C16H20O9/c1-22-7-2-3-8-9(4-7)23-6-11(12(8)18)25-16-15(21)14(20)13(19)10(5-17)24-16/h2-4,10,13-21H,5-6H2,1H3/t10-,13-,14+,15+,16-/m1/s1. The third-order valence-electron chi connectivity index (χ3n) is 4.17. The molecule has 9 heteroatoms. The number of hydrogen-bond donors (Lipinski definition) is 5. The van der Waals surface area contributed by atoms with E-state index >= 15 is 0 Å². The van der Waals surface area contributed by atoms with Crippen LogP contribution in [0, 0.1) is 0 Å². The van der Waals surface area contributed by atoms with Gasteiger partial charge in [0.1, 0.15) is 42.5 Å². The quantitative estimate of drug-likeness (QED) is 0.466. The van der Waals surface area contributed by atoms with Gasteiger partial charge in [-0.15, -0.1) is 0 Å². The molecule has 0 saturated carbocycles. The fraction of sp³-hybridized carbons (Fsp3) is 0.500. The molecule has 0 bridgehead atoms. The van der Waals surface area contributed by atoms with Crippen LogP contribution in [0.4, 0.5) is 0 Å². The van der Waals surface area contributed by atoms with Gasteiger partial charge >= 0.3 is 0 Å². The van der Waals surface area contributed by atoms with E-state index < -0.39 is 37.3 Å². The van der Waals surface area contributed by atoms with Gasteiger partial charge in [-0.3, -0.25) is 0 Å². The molecular weight excluding hydrogens is 336 g/mol. The summed E-state index contributed by atoms with van der Waals surface area (Å²) in [5, 5.41) is 49.1. The molecule has 1 aromatic rings. The van der Waals surface area contributed by atoms with Gasteiger partial charge in [-0.25, -0.2) is 0 Å². The van der Waals surface area contributed by atoms with Crippen molar-refractivity contribution in [1.29, 1.82) is 0 Å². The van der Waals surface area contributed by atoms with Crippen molar-refractivity contribution in [2.24, 2.45) is 0 Å². The first kappa shape index (κ1) is 17.8. The van der Waals surface area contributed by atoms with Gasteiger partial charge in [0.25, 0.3) is 0 Å². The van der Waals surface area contributed by atoms with Crippen molar-refractivity contribution in [3.05, 3.63) is 29.5 Å². The maximum atomic E-state index is 10.4.